The number of amides is 1. The van der Waals surface area contributed by atoms with Gasteiger partial charge in [0.15, 0.2) is 11.0 Å². The number of aromatic nitrogens is 4. The molecule has 6 nitrogen and oxygen atoms in total. The average molecular weight is 442 g/mol. The zero-order valence-electron chi connectivity index (χ0n) is 14.4. The minimum Gasteiger partial charge on any atom is -0.360 e. The summed E-state index contributed by atoms with van der Waals surface area (Å²) in [7, 11) is 1.91. The van der Waals surface area contributed by atoms with E-state index in [0.717, 1.165) is 32.5 Å². The fourth-order valence-corrected chi connectivity index (χ4v) is 3.77. The highest BCUT2D eigenvalue weighted by Crippen LogP contribution is 2.29. The second-order valence-electron chi connectivity index (χ2n) is 5.96. The van der Waals surface area contributed by atoms with Crippen molar-refractivity contribution in [2.45, 2.75) is 5.16 Å². The molecular formula is C19H16BrN5OS. The Bertz CT molecular complexity index is 1100. The number of thioether (sulfide) groups is 1. The smallest absolute Gasteiger partial charge is 0.234 e. The van der Waals surface area contributed by atoms with Crippen molar-refractivity contribution >= 4 is 50.2 Å². The lowest BCUT2D eigenvalue weighted by Crippen LogP contribution is -2.14. The molecule has 4 aromatic rings. The molecule has 0 bridgehead atoms. The van der Waals surface area contributed by atoms with Gasteiger partial charge >= 0.3 is 0 Å². The summed E-state index contributed by atoms with van der Waals surface area (Å²) < 4.78 is 2.88. The number of H-pyrrole nitrogens is 1. The van der Waals surface area contributed by atoms with Gasteiger partial charge in [-0.05, 0) is 30.3 Å². The maximum absolute atomic E-state index is 12.2. The van der Waals surface area contributed by atoms with Gasteiger partial charge in [-0.3, -0.25) is 4.79 Å². The van der Waals surface area contributed by atoms with Gasteiger partial charge in [0, 0.05) is 39.9 Å². The first-order chi connectivity index (χ1) is 13.1. The summed E-state index contributed by atoms with van der Waals surface area (Å²) >= 11 is 4.74. The van der Waals surface area contributed by atoms with Crippen molar-refractivity contribution in [3.63, 3.8) is 0 Å². The first kappa shape index (κ1) is 17.8. The summed E-state index contributed by atoms with van der Waals surface area (Å²) in [6, 6.07) is 15.5. The summed E-state index contributed by atoms with van der Waals surface area (Å²) in [6.07, 6.45) is 1.93. The number of aromatic amines is 1. The van der Waals surface area contributed by atoms with Crippen LogP contribution in [0.2, 0.25) is 0 Å². The Labute approximate surface area is 168 Å². The maximum atomic E-state index is 12.2. The molecule has 0 aliphatic carbocycles. The van der Waals surface area contributed by atoms with Gasteiger partial charge in [-0.2, -0.15) is 0 Å². The molecule has 0 unspecified atom stereocenters. The van der Waals surface area contributed by atoms with Crippen LogP contribution < -0.4 is 5.32 Å². The van der Waals surface area contributed by atoms with Crippen molar-refractivity contribution in [3.8, 4) is 11.4 Å². The van der Waals surface area contributed by atoms with E-state index in [1.807, 2.05) is 66.3 Å². The number of rotatable bonds is 5. The lowest BCUT2D eigenvalue weighted by molar-refractivity contribution is -0.113. The fourth-order valence-electron chi connectivity index (χ4n) is 2.79. The number of anilines is 1. The Morgan fingerprint density at radius 1 is 1.19 bits per heavy atom. The Morgan fingerprint density at radius 3 is 2.78 bits per heavy atom. The summed E-state index contributed by atoms with van der Waals surface area (Å²) in [4.78, 5) is 15.4. The fraction of sp³-hybridized carbons (Fsp3) is 0.105. The number of hydrogen-bond acceptors (Lipinski definition) is 4. The maximum Gasteiger partial charge on any atom is 0.234 e. The Morgan fingerprint density at radius 2 is 1.96 bits per heavy atom. The number of fused-ring (bicyclic) bond motifs is 1. The lowest BCUT2D eigenvalue weighted by atomic mass is 10.1. The normalized spacial score (nSPS) is 11.0. The molecule has 1 amide bonds. The van der Waals surface area contributed by atoms with E-state index < -0.39 is 0 Å². The van der Waals surface area contributed by atoms with Crippen molar-refractivity contribution in [2.75, 3.05) is 11.1 Å². The minimum absolute atomic E-state index is 0.0843. The lowest BCUT2D eigenvalue weighted by Gasteiger charge is -2.05. The van der Waals surface area contributed by atoms with E-state index in [0.29, 0.717) is 5.16 Å². The molecule has 0 aliphatic heterocycles. The predicted molar refractivity (Wildman–Crippen MR) is 112 cm³/mol. The quantitative estimate of drug-likeness (QED) is 0.448. The van der Waals surface area contributed by atoms with Crippen LogP contribution in [-0.4, -0.2) is 31.4 Å². The number of carbonyl (C=O) groups is 1. The van der Waals surface area contributed by atoms with Crippen molar-refractivity contribution in [3.05, 3.63) is 59.2 Å². The Hall–Kier alpha value is -2.58. The molecule has 2 aromatic heterocycles. The zero-order chi connectivity index (χ0) is 18.8. The molecule has 0 fully saturated rings. The number of halogens is 1. The molecule has 0 radical (unpaired) electrons. The van der Waals surface area contributed by atoms with Gasteiger partial charge in [-0.25, -0.2) is 0 Å². The number of nitrogens with one attached hydrogen (secondary N) is 2. The standard InChI is InChI=1S/C19H16BrN5OS/c1-25-18(15-10-21-16-5-3-2-4-14(15)16)23-24-19(25)27-11-17(26)22-13-8-6-12(20)7-9-13/h2-10,21H,11H2,1H3,(H,22,26). The van der Waals surface area contributed by atoms with Crippen molar-refractivity contribution in [2.24, 2.45) is 7.05 Å². The SMILES string of the molecule is Cn1c(SCC(=O)Nc2ccc(Br)cc2)nnc1-c1c[nH]c2ccccc12. The van der Waals surface area contributed by atoms with Crippen LogP contribution in [0, 0.1) is 0 Å². The third-order valence-corrected chi connectivity index (χ3v) is 5.67. The number of carbonyl (C=O) groups excluding carboxylic acids is 1. The van der Waals surface area contributed by atoms with Gasteiger partial charge in [0.2, 0.25) is 5.91 Å². The highest BCUT2D eigenvalue weighted by molar-refractivity contribution is 9.10. The Kier molecular flexibility index (Phi) is 5.00. The molecule has 0 aliphatic rings. The van der Waals surface area contributed by atoms with Gasteiger partial charge < -0.3 is 14.9 Å². The van der Waals surface area contributed by atoms with Crippen LogP contribution in [-0.2, 0) is 11.8 Å². The van der Waals surface area contributed by atoms with Gasteiger partial charge in [-0.15, -0.1) is 10.2 Å². The molecule has 0 atom stereocenters. The predicted octanol–water partition coefficient (Wildman–Crippen LogP) is 4.46. The van der Waals surface area contributed by atoms with Crippen LogP contribution in [0.15, 0.2) is 64.4 Å². The average Bonchev–Trinajstić information content (AvgIpc) is 3.25. The molecular weight excluding hydrogens is 426 g/mol. The van der Waals surface area contributed by atoms with Crippen LogP contribution >= 0.6 is 27.7 Å². The van der Waals surface area contributed by atoms with Crippen LogP contribution in [0.25, 0.3) is 22.3 Å². The van der Waals surface area contributed by atoms with Crippen LogP contribution in [0.4, 0.5) is 5.69 Å². The highest BCUT2D eigenvalue weighted by atomic mass is 79.9. The zero-order valence-corrected chi connectivity index (χ0v) is 16.8. The van der Waals surface area contributed by atoms with Crippen LogP contribution in [0.3, 0.4) is 0 Å². The molecule has 4 rings (SSSR count). The largest absolute Gasteiger partial charge is 0.360 e. The molecule has 2 aromatic carbocycles. The van der Waals surface area contributed by atoms with E-state index in [4.69, 9.17) is 0 Å². The molecule has 0 saturated carbocycles. The summed E-state index contributed by atoms with van der Waals surface area (Å²) in [5.41, 5.74) is 2.81. The third kappa shape index (κ3) is 3.77. The molecule has 27 heavy (non-hydrogen) atoms. The minimum atomic E-state index is -0.0843. The summed E-state index contributed by atoms with van der Waals surface area (Å²) in [5, 5.41) is 13.2. The molecule has 8 heteroatoms. The van der Waals surface area contributed by atoms with Crippen LogP contribution in [0.5, 0.6) is 0 Å². The van der Waals surface area contributed by atoms with Gasteiger partial charge in [-0.1, -0.05) is 45.9 Å². The topological polar surface area (TPSA) is 75.6 Å². The number of hydrogen-bond donors (Lipinski definition) is 2. The highest BCUT2D eigenvalue weighted by Gasteiger charge is 2.15. The molecule has 0 saturated heterocycles. The second kappa shape index (κ2) is 7.58. The van der Waals surface area contributed by atoms with E-state index in [1.54, 1.807) is 0 Å². The number of benzene rings is 2. The van der Waals surface area contributed by atoms with Crippen LogP contribution in [0.1, 0.15) is 0 Å². The molecule has 2 N–H and O–H groups in total. The first-order valence-corrected chi connectivity index (χ1v) is 10.0. The summed E-state index contributed by atoms with van der Waals surface area (Å²) in [6.45, 7) is 0. The Balaban J connectivity index is 1.46. The molecule has 0 spiro atoms. The second-order valence-corrected chi connectivity index (χ2v) is 7.82. The monoisotopic (exact) mass is 441 g/mol. The third-order valence-electron chi connectivity index (χ3n) is 4.13. The van der Waals surface area contributed by atoms with E-state index in [1.165, 1.54) is 11.8 Å². The first-order valence-electron chi connectivity index (χ1n) is 8.26. The van der Waals surface area contributed by atoms with Gasteiger partial charge in [0.1, 0.15) is 0 Å². The van der Waals surface area contributed by atoms with E-state index in [-0.39, 0.29) is 11.7 Å². The van der Waals surface area contributed by atoms with Crippen molar-refractivity contribution in [1.29, 1.82) is 0 Å². The van der Waals surface area contributed by atoms with Crippen molar-refractivity contribution in [1.82, 2.24) is 19.7 Å². The van der Waals surface area contributed by atoms with Crippen molar-refractivity contribution < 1.29 is 4.79 Å². The van der Waals surface area contributed by atoms with Gasteiger partial charge in [0.25, 0.3) is 0 Å². The number of para-hydroxylation sites is 1. The molecule has 2 heterocycles. The summed E-state index contributed by atoms with van der Waals surface area (Å²) in [5.74, 6) is 0.942. The van der Waals surface area contributed by atoms with E-state index in [2.05, 4.69) is 36.4 Å². The molecule has 136 valence electrons. The number of nitrogens with zero attached hydrogens (tertiary/aromatic N) is 3. The van der Waals surface area contributed by atoms with E-state index in [9.17, 15) is 4.79 Å². The van der Waals surface area contributed by atoms with E-state index >= 15 is 0 Å². The van der Waals surface area contributed by atoms with Gasteiger partial charge in [0.05, 0.1) is 5.75 Å².